The van der Waals surface area contributed by atoms with Crippen molar-refractivity contribution in [3.63, 3.8) is 0 Å². The van der Waals surface area contributed by atoms with Crippen LogP contribution in [0.5, 0.6) is 0 Å². The van der Waals surface area contributed by atoms with Crippen molar-refractivity contribution in [2.75, 3.05) is 20.2 Å². The predicted molar refractivity (Wildman–Crippen MR) is 42.3 cm³/mol. The molecule has 0 aromatic carbocycles. The minimum absolute atomic E-state index is 0.145. The highest BCUT2D eigenvalue weighted by molar-refractivity contribution is 6.23. The summed E-state index contributed by atoms with van der Waals surface area (Å²) < 4.78 is 4.67. The second kappa shape index (κ2) is 6.15. The molecule has 11 heavy (non-hydrogen) atoms. The summed E-state index contributed by atoms with van der Waals surface area (Å²) in [6.45, 7) is 0.492. The van der Waals surface area contributed by atoms with Crippen LogP contribution in [-0.2, 0) is 9.45 Å². The first-order valence-corrected chi connectivity index (χ1v) is 3.35. The van der Waals surface area contributed by atoms with E-state index in [0.717, 1.165) is 0 Å². The first kappa shape index (κ1) is 10.4. The van der Waals surface area contributed by atoms with E-state index in [4.69, 9.17) is 10.8 Å². The Kier molecular flexibility index (Phi) is 5.82. The van der Waals surface area contributed by atoms with Crippen molar-refractivity contribution in [3.05, 3.63) is 0 Å². The van der Waals surface area contributed by atoms with Crippen molar-refractivity contribution in [1.82, 2.24) is 5.23 Å². The smallest absolute Gasteiger partial charge is 0.360 e. The van der Waals surface area contributed by atoms with Gasteiger partial charge in [-0.2, -0.15) is 0 Å². The Morgan fingerprint density at radius 3 is 2.91 bits per heavy atom. The van der Waals surface area contributed by atoms with Crippen LogP contribution in [0.1, 0.15) is 0 Å². The summed E-state index contributed by atoms with van der Waals surface area (Å²) in [5.41, 5.74) is 5.19. The second-order valence-corrected chi connectivity index (χ2v) is 2.16. The zero-order chi connectivity index (χ0) is 8.69. The number of rotatable bonds is 6. The molecule has 0 fully saturated rings. The lowest BCUT2D eigenvalue weighted by Crippen LogP contribution is -2.36. The number of aliphatic carboxylic acids is 1. The van der Waals surface area contributed by atoms with Crippen molar-refractivity contribution < 1.29 is 14.6 Å². The number of carboxylic acid groups (broad SMARTS) is 1. The number of carbonyl (C=O) groups is 1. The molecular formula is C5H13BN2O3. The molecule has 0 aromatic heterocycles. The third-order valence-electron chi connectivity index (χ3n) is 1.27. The highest BCUT2D eigenvalue weighted by atomic mass is 16.4. The molecule has 0 bridgehead atoms. The van der Waals surface area contributed by atoms with Gasteiger partial charge < -0.3 is 20.7 Å². The van der Waals surface area contributed by atoms with Crippen LogP contribution in [0.4, 0.5) is 0 Å². The fourth-order valence-corrected chi connectivity index (χ4v) is 0.607. The molecule has 6 heteroatoms. The van der Waals surface area contributed by atoms with E-state index in [0.29, 0.717) is 14.2 Å². The number of carboxylic acids is 1. The average Bonchev–Trinajstić information content (AvgIpc) is 1.97. The lowest BCUT2D eigenvalue weighted by Gasteiger charge is -2.08. The van der Waals surface area contributed by atoms with E-state index in [1.807, 2.05) is 0 Å². The number of nitrogens with one attached hydrogen (secondary N) is 1. The SMILES string of the molecule is COBNCC(CN)C(=O)O. The standard InChI is InChI=1S/C5H13BN2O3/c1-11-6-8-3-4(2-7)5(9)10/h4,6,8H,2-3,7H2,1H3,(H,9,10). The van der Waals surface area contributed by atoms with Crippen LogP contribution in [-0.4, -0.2) is 38.9 Å². The minimum atomic E-state index is -0.879. The van der Waals surface area contributed by atoms with E-state index in [-0.39, 0.29) is 6.54 Å². The van der Waals surface area contributed by atoms with E-state index >= 15 is 0 Å². The van der Waals surface area contributed by atoms with Gasteiger partial charge in [0.15, 0.2) is 0 Å². The molecule has 0 spiro atoms. The third kappa shape index (κ3) is 4.77. The van der Waals surface area contributed by atoms with E-state index in [1.54, 1.807) is 0 Å². The molecule has 0 amide bonds. The maximum atomic E-state index is 10.4. The topological polar surface area (TPSA) is 84.6 Å². The summed E-state index contributed by atoms with van der Waals surface area (Å²) in [5, 5.41) is 11.3. The number of nitrogens with two attached hydrogens (primary N) is 1. The summed E-state index contributed by atoms with van der Waals surface area (Å²) in [7, 11) is 1.88. The van der Waals surface area contributed by atoms with E-state index in [2.05, 4.69) is 9.88 Å². The molecule has 0 aliphatic carbocycles. The van der Waals surface area contributed by atoms with Gasteiger partial charge in [0.2, 0.25) is 0 Å². The first-order valence-electron chi connectivity index (χ1n) is 3.35. The van der Waals surface area contributed by atoms with Crippen molar-refractivity contribution in [1.29, 1.82) is 0 Å². The van der Waals surface area contributed by atoms with Gasteiger partial charge in [-0.15, -0.1) is 0 Å². The Morgan fingerprint density at radius 1 is 1.91 bits per heavy atom. The van der Waals surface area contributed by atoms with Gasteiger partial charge in [0, 0.05) is 20.2 Å². The van der Waals surface area contributed by atoms with Crippen LogP contribution in [0.3, 0.4) is 0 Å². The van der Waals surface area contributed by atoms with Crippen LogP contribution in [0.15, 0.2) is 0 Å². The minimum Gasteiger partial charge on any atom is -0.481 e. The molecule has 0 heterocycles. The van der Waals surface area contributed by atoms with Gasteiger partial charge in [-0.1, -0.05) is 0 Å². The monoisotopic (exact) mass is 160 g/mol. The van der Waals surface area contributed by atoms with Gasteiger partial charge in [0.05, 0.1) is 5.92 Å². The maximum absolute atomic E-state index is 10.4. The van der Waals surface area contributed by atoms with Crippen molar-refractivity contribution in [3.8, 4) is 0 Å². The van der Waals surface area contributed by atoms with Gasteiger partial charge in [-0.05, 0) is 0 Å². The van der Waals surface area contributed by atoms with Crippen LogP contribution < -0.4 is 11.0 Å². The quantitative estimate of drug-likeness (QED) is 0.313. The maximum Gasteiger partial charge on any atom is 0.360 e. The second-order valence-electron chi connectivity index (χ2n) is 2.16. The molecule has 5 nitrogen and oxygen atoms in total. The highest BCUT2D eigenvalue weighted by Gasteiger charge is 2.13. The van der Waals surface area contributed by atoms with E-state index in [9.17, 15) is 4.79 Å². The lowest BCUT2D eigenvalue weighted by atomic mass is 10.1. The fraction of sp³-hybridized carbons (Fsp3) is 0.800. The normalized spacial score (nSPS) is 12.5. The summed E-state index contributed by atoms with van der Waals surface area (Å²) in [6, 6.07) is 0. The lowest BCUT2D eigenvalue weighted by molar-refractivity contribution is -0.141. The molecular weight excluding hydrogens is 147 g/mol. The predicted octanol–water partition coefficient (Wildman–Crippen LogP) is -1.85. The van der Waals surface area contributed by atoms with Gasteiger partial charge in [0.25, 0.3) is 0 Å². The molecule has 0 saturated heterocycles. The third-order valence-corrected chi connectivity index (χ3v) is 1.27. The molecule has 64 valence electrons. The van der Waals surface area contributed by atoms with Gasteiger partial charge in [0.1, 0.15) is 0 Å². The Bertz CT molecular complexity index is 122. The molecule has 0 aliphatic heterocycles. The molecule has 1 atom stereocenters. The Hall–Kier alpha value is -0.585. The van der Waals surface area contributed by atoms with Crippen LogP contribution in [0, 0.1) is 5.92 Å². The van der Waals surface area contributed by atoms with Crippen molar-refractivity contribution in [2.24, 2.45) is 11.7 Å². The average molecular weight is 160 g/mol. The van der Waals surface area contributed by atoms with Crippen molar-refractivity contribution >= 4 is 13.6 Å². The number of hydrogen-bond donors (Lipinski definition) is 3. The summed E-state index contributed by atoms with van der Waals surface area (Å²) in [5.74, 6) is -1.40. The highest BCUT2D eigenvalue weighted by Crippen LogP contribution is 1.89. The number of hydrogen-bond acceptors (Lipinski definition) is 4. The zero-order valence-electron chi connectivity index (χ0n) is 6.54. The molecule has 0 rings (SSSR count). The van der Waals surface area contributed by atoms with Gasteiger partial charge in [-0.3, -0.25) is 4.79 Å². The fourth-order valence-electron chi connectivity index (χ4n) is 0.607. The zero-order valence-corrected chi connectivity index (χ0v) is 6.54. The Morgan fingerprint density at radius 2 is 2.55 bits per heavy atom. The Balaban J connectivity index is 3.44. The molecule has 0 saturated carbocycles. The first-order chi connectivity index (χ1) is 5.22. The molecule has 4 N–H and O–H groups in total. The molecule has 0 radical (unpaired) electrons. The summed E-state index contributed by atoms with van der Waals surface area (Å²) in [4.78, 5) is 10.4. The van der Waals surface area contributed by atoms with Crippen molar-refractivity contribution in [2.45, 2.75) is 0 Å². The molecule has 0 aromatic rings. The van der Waals surface area contributed by atoms with Crippen LogP contribution in [0.25, 0.3) is 0 Å². The van der Waals surface area contributed by atoms with E-state index in [1.165, 1.54) is 7.11 Å². The van der Waals surface area contributed by atoms with Crippen LogP contribution >= 0.6 is 0 Å². The Labute approximate surface area is 66.2 Å². The van der Waals surface area contributed by atoms with E-state index < -0.39 is 11.9 Å². The van der Waals surface area contributed by atoms with Gasteiger partial charge in [-0.25, -0.2) is 0 Å². The largest absolute Gasteiger partial charge is 0.481 e. The molecule has 0 aliphatic rings. The van der Waals surface area contributed by atoms with Gasteiger partial charge >= 0.3 is 13.6 Å². The summed E-state index contributed by atoms with van der Waals surface area (Å²) >= 11 is 0. The van der Waals surface area contributed by atoms with Crippen LogP contribution in [0.2, 0.25) is 0 Å². The summed E-state index contributed by atoms with van der Waals surface area (Å²) in [6.07, 6.45) is 0. The molecule has 1 unspecified atom stereocenters.